The minimum Gasteiger partial charge on any atom is -0.463 e. The zero-order valence-corrected chi connectivity index (χ0v) is 18.5. The van der Waals surface area contributed by atoms with Gasteiger partial charge < -0.3 is 24.8 Å². The molecule has 0 aromatic carbocycles. The predicted molar refractivity (Wildman–Crippen MR) is 106 cm³/mol. The first kappa shape index (κ1) is 25.8. The summed E-state index contributed by atoms with van der Waals surface area (Å²) in [5.74, 6) is -1.35. The van der Waals surface area contributed by atoms with Gasteiger partial charge in [-0.25, -0.2) is 0 Å². The van der Waals surface area contributed by atoms with Gasteiger partial charge in [0.05, 0.1) is 30.1 Å². The first-order valence-corrected chi connectivity index (χ1v) is 10.0. The fourth-order valence-electron chi connectivity index (χ4n) is 2.45. The molecule has 0 heterocycles. The second-order valence-corrected chi connectivity index (χ2v) is 7.77. The Morgan fingerprint density at radius 1 is 0.963 bits per heavy atom. The minimum atomic E-state index is -0.877. The third kappa shape index (κ3) is 10.7. The molecule has 2 atom stereocenters. The Morgan fingerprint density at radius 2 is 1.52 bits per heavy atom. The molecule has 8 nitrogen and oxygen atoms in total. The van der Waals surface area contributed by atoms with Crippen molar-refractivity contribution in [1.82, 2.24) is 10.6 Å². The number of halogens is 1. The fourth-order valence-corrected chi connectivity index (χ4v) is 3.13. The second kappa shape index (κ2) is 13.9. The van der Waals surface area contributed by atoms with Crippen molar-refractivity contribution in [3.63, 3.8) is 0 Å². The highest BCUT2D eigenvalue weighted by Crippen LogP contribution is 2.31. The normalized spacial score (nSPS) is 13.6. The highest BCUT2D eigenvalue weighted by atomic mass is 79.9. The molecule has 0 aromatic rings. The van der Waals surface area contributed by atoms with Crippen molar-refractivity contribution in [3.8, 4) is 0 Å². The van der Waals surface area contributed by atoms with Gasteiger partial charge in [0.2, 0.25) is 11.8 Å². The molecule has 0 bridgehead atoms. The first-order chi connectivity index (χ1) is 12.7. The van der Waals surface area contributed by atoms with Crippen molar-refractivity contribution in [1.29, 1.82) is 0 Å². The van der Waals surface area contributed by atoms with E-state index in [1.54, 1.807) is 13.8 Å². The SMILES string of the molecule is CCOCCOCCOC(=O)C(C)(C)CC(CC(Br)C(=O)NC)C(=O)NC. The Kier molecular flexibility index (Phi) is 13.3. The molecule has 0 aliphatic rings. The molecule has 0 spiro atoms. The molecule has 0 rings (SSSR count). The van der Waals surface area contributed by atoms with Gasteiger partial charge in [0.1, 0.15) is 6.61 Å². The Hall–Kier alpha value is -1.19. The summed E-state index contributed by atoms with van der Waals surface area (Å²) in [6, 6.07) is 0. The van der Waals surface area contributed by atoms with E-state index < -0.39 is 22.1 Å². The van der Waals surface area contributed by atoms with Gasteiger partial charge in [-0.2, -0.15) is 0 Å². The van der Waals surface area contributed by atoms with Gasteiger partial charge in [-0.15, -0.1) is 0 Å². The van der Waals surface area contributed by atoms with Gasteiger partial charge in [0, 0.05) is 26.6 Å². The van der Waals surface area contributed by atoms with Gasteiger partial charge in [-0.05, 0) is 33.6 Å². The number of esters is 1. The lowest BCUT2D eigenvalue weighted by molar-refractivity contribution is -0.157. The van der Waals surface area contributed by atoms with E-state index in [0.29, 0.717) is 19.8 Å². The number of carbonyl (C=O) groups is 3. The maximum absolute atomic E-state index is 12.4. The summed E-state index contributed by atoms with van der Waals surface area (Å²) < 4.78 is 15.7. The second-order valence-electron chi connectivity index (χ2n) is 6.66. The first-order valence-electron chi connectivity index (χ1n) is 9.09. The lowest BCUT2D eigenvalue weighted by atomic mass is 9.80. The van der Waals surface area contributed by atoms with Crippen molar-refractivity contribution < 1.29 is 28.6 Å². The lowest BCUT2D eigenvalue weighted by Gasteiger charge is -2.28. The molecule has 0 saturated carbocycles. The van der Waals surface area contributed by atoms with Crippen molar-refractivity contribution in [2.75, 3.05) is 47.1 Å². The summed E-state index contributed by atoms with van der Waals surface area (Å²) in [5.41, 5.74) is -0.877. The zero-order chi connectivity index (χ0) is 20.9. The Labute approximate surface area is 170 Å². The molecule has 0 saturated heterocycles. The number of hydrogen-bond donors (Lipinski definition) is 2. The summed E-state index contributed by atoms with van der Waals surface area (Å²) >= 11 is 3.29. The average molecular weight is 453 g/mol. The monoisotopic (exact) mass is 452 g/mol. The molecule has 27 heavy (non-hydrogen) atoms. The average Bonchev–Trinajstić information content (AvgIpc) is 2.64. The Bertz CT molecular complexity index is 473. The van der Waals surface area contributed by atoms with E-state index in [0.717, 1.165) is 0 Å². The molecule has 0 aliphatic heterocycles. The molecule has 2 unspecified atom stereocenters. The summed E-state index contributed by atoms with van der Waals surface area (Å²) in [6.45, 7) is 7.36. The third-order valence-corrected chi connectivity index (χ3v) is 4.78. The number of amides is 2. The van der Waals surface area contributed by atoms with E-state index in [4.69, 9.17) is 14.2 Å². The van der Waals surface area contributed by atoms with Crippen LogP contribution in [0.15, 0.2) is 0 Å². The van der Waals surface area contributed by atoms with Gasteiger partial charge in [0.25, 0.3) is 0 Å². The van der Waals surface area contributed by atoms with E-state index in [-0.39, 0.29) is 37.9 Å². The van der Waals surface area contributed by atoms with Crippen LogP contribution in [0.2, 0.25) is 0 Å². The van der Waals surface area contributed by atoms with Crippen LogP contribution in [0.3, 0.4) is 0 Å². The maximum Gasteiger partial charge on any atom is 0.311 e. The van der Waals surface area contributed by atoms with Gasteiger partial charge >= 0.3 is 5.97 Å². The van der Waals surface area contributed by atoms with Crippen molar-refractivity contribution in [2.24, 2.45) is 11.3 Å². The standard InChI is InChI=1S/C18H33BrN2O6/c1-6-25-7-8-26-9-10-27-17(24)18(2,3)12-13(15(22)20-4)11-14(19)16(23)21-5/h13-14H,6-12H2,1-5H3,(H,20,22)(H,21,23). The molecule has 2 N–H and O–H groups in total. The molecule has 9 heteroatoms. The summed E-state index contributed by atoms with van der Waals surface area (Å²) in [4.78, 5) is 35.8. The third-order valence-electron chi connectivity index (χ3n) is 3.99. The van der Waals surface area contributed by atoms with Gasteiger partial charge in [-0.1, -0.05) is 15.9 Å². The van der Waals surface area contributed by atoms with Crippen LogP contribution in [0, 0.1) is 11.3 Å². The molecule has 2 amide bonds. The number of ether oxygens (including phenoxy) is 3. The largest absolute Gasteiger partial charge is 0.463 e. The molecular weight excluding hydrogens is 420 g/mol. The highest BCUT2D eigenvalue weighted by Gasteiger charge is 2.36. The maximum atomic E-state index is 12.4. The van der Waals surface area contributed by atoms with Crippen LogP contribution in [0.25, 0.3) is 0 Å². The summed E-state index contributed by atoms with van der Waals surface area (Å²) in [5, 5.41) is 5.12. The quantitative estimate of drug-likeness (QED) is 0.233. The van der Waals surface area contributed by atoms with Crippen LogP contribution in [-0.2, 0) is 28.6 Å². The van der Waals surface area contributed by atoms with Crippen molar-refractivity contribution in [3.05, 3.63) is 0 Å². The zero-order valence-electron chi connectivity index (χ0n) is 16.9. The van der Waals surface area contributed by atoms with Gasteiger partial charge in [-0.3, -0.25) is 14.4 Å². The minimum absolute atomic E-state index is 0.137. The van der Waals surface area contributed by atoms with Crippen LogP contribution in [0.5, 0.6) is 0 Å². The molecule has 0 fully saturated rings. The Morgan fingerprint density at radius 3 is 2.07 bits per heavy atom. The van der Waals surface area contributed by atoms with E-state index in [9.17, 15) is 14.4 Å². The lowest BCUT2D eigenvalue weighted by Crippen LogP contribution is -2.39. The van der Waals surface area contributed by atoms with Crippen molar-refractivity contribution in [2.45, 2.75) is 38.4 Å². The van der Waals surface area contributed by atoms with Crippen LogP contribution in [0.1, 0.15) is 33.6 Å². The van der Waals surface area contributed by atoms with Crippen LogP contribution >= 0.6 is 15.9 Å². The molecular formula is C18H33BrN2O6. The van der Waals surface area contributed by atoms with Crippen LogP contribution < -0.4 is 10.6 Å². The van der Waals surface area contributed by atoms with E-state index >= 15 is 0 Å². The van der Waals surface area contributed by atoms with Gasteiger partial charge in [0.15, 0.2) is 0 Å². The molecule has 0 radical (unpaired) electrons. The number of rotatable bonds is 14. The Balaban J connectivity index is 4.58. The van der Waals surface area contributed by atoms with Crippen LogP contribution in [0.4, 0.5) is 0 Å². The smallest absolute Gasteiger partial charge is 0.311 e. The van der Waals surface area contributed by atoms with Crippen molar-refractivity contribution >= 4 is 33.7 Å². The molecule has 0 aliphatic carbocycles. The topological polar surface area (TPSA) is 103 Å². The summed E-state index contributed by atoms with van der Waals surface area (Å²) in [7, 11) is 3.06. The van der Waals surface area contributed by atoms with E-state index in [2.05, 4.69) is 26.6 Å². The van der Waals surface area contributed by atoms with E-state index in [1.807, 2.05) is 6.92 Å². The molecule has 158 valence electrons. The predicted octanol–water partition coefficient (Wildman–Crippen LogP) is 1.26. The van der Waals surface area contributed by atoms with E-state index in [1.165, 1.54) is 14.1 Å². The fraction of sp³-hybridized carbons (Fsp3) is 0.833. The highest BCUT2D eigenvalue weighted by molar-refractivity contribution is 9.10. The number of alkyl halides is 1. The number of carbonyl (C=O) groups excluding carboxylic acids is 3. The number of nitrogens with one attached hydrogen (secondary N) is 2. The number of hydrogen-bond acceptors (Lipinski definition) is 6. The molecule has 0 aromatic heterocycles. The van der Waals surface area contributed by atoms with Crippen LogP contribution in [-0.4, -0.2) is 69.7 Å². The summed E-state index contributed by atoms with van der Waals surface area (Å²) in [6.07, 6.45) is 0.534.